The van der Waals surface area contributed by atoms with E-state index in [1.807, 2.05) is 46.6 Å². The number of esters is 1. The molecule has 67 heavy (non-hydrogen) atoms. The Hall–Kier alpha value is -3.45. The molecular weight excluding hydrogens is 882 g/mol. The molecule has 2 aromatic rings. The van der Waals surface area contributed by atoms with Crippen LogP contribution < -0.4 is 0 Å². The fraction of sp³-hybridized carbons (Fsp3) is 0.740. The third-order valence-corrected chi connectivity index (χ3v) is 16.4. The number of sulfone groups is 1. The molecule has 3 N–H and O–H groups in total. The summed E-state index contributed by atoms with van der Waals surface area (Å²) in [4.78, 5) is 33.7. The number of aliphatic hydroxyl groups is 3. The maximum absolute atomic E-state index is 14.4. The summed E-state index contributed by atoms with van der Waals surface area (Å²) in [5, 5.41) is 45.3. The number of likely N-dealkylation sites (N-methyl/N-ethyl adjacent to an activating group) is 1. The Balaban J connectivity index is 1.43. The van der Waals surface area contributed by atoms with Crippen molar-refractivity contribution in [2.75, 3.05) is 26.5 Å². The molecule has 3 fully saturated rings. The highest BCUT2D eigenvalue weighted by atomic mass is 32.2. The fourth-order valence-corrected chi connectivity index (χ4v) is 11.8. The summed E-state index contributed by atoms with van der Waals surface area (Å²) in [5.41, 5.74) is 0.754. The molecule has 0 spiro atoms. The highest BCUT2D eigenvalue weighted by Crippen LogP contribution is 2.48. The van der Waals surface area contributed by atoms with Crippen LogP contribution in [0.5, 0.6) is 0 Å². The van der Waals surface area contributed by atoms with E-state index in [1.165, 1.54) is 23.7 Å². The minimum Gasteiger partial charge on any atom is -0.459 e. The summed E-state index contributed by atoms with van der Waals surface area (Å²) < 4.78 is 59.3. The number of aromatic nitrogens is 3. The van der Waals surface area contributed by atoms with Crippen LogP contribution in [-0.2, 0) is 46.5 Å². The predicted molar refractivity (Wildman–Crippen MR) is 254 cm³/mol. The maximum atomic E-state index is 14.4. The number of ether oxygens (including phenoxy) is 3. The second kappa shape index (κ2) is 22.5. The molecule has 2 saturated heterocycles. The fourth-order valence-electron chi connectivity index (χ4n) is 11.2. The average molecular weight is 960 g/mol. The Morgan fingerprint density at radius 1 is 1.10 bits per heavy atom. The molecule has 1 amide bonds. The maximum Gasteiger partial charge on any atom is 0.311 e. The number of fused-ring (bicyclic) bond motifs is 5. The van der Waals surface area contributed by atoms with E-state index >= 15 is 0 Å². The van der Waals surface area contributed by atoms with Crippen molar-refractivity contribution < 1.29 is 51.9 Å². The number of carbonyl (C=O) groups is 2. The monoisotopic (exact) mass is 960 g/mol. The van der Waals surface area contributed by atoms with Crippen LogP contribution in [0.4, 0.5) is 4.39 Å². The molecule has 1 aromatic carbocycles. The van der Waals surface area contributed by atoms with Gasteiger partial charge in [-0.2, -0.15) is 0 Å². The van der Waals surface area contributed by atoms with Gasteiger partial charge in [0.2, 0.25) is 5.91 Å². The van der Waals surface area contributed by atoms with Gasteiger partial charge in [0.05, 0.1) is 40.9 Å². The lowest BCUT2D eigenvalue weighted by Crippen LogP contribution is -2.58. The van der Waals surface area contributed by atoms with Gasteiger partial charge in [-0.1, -0.05) is 64.1 Å². The number of aliphatic imine (C=N–C) groups is 1. The van der Waals surface area contributed by atoms with Gasteiger partial charge in [0.1, 0.15) is 24.5 Å². The van der Waals surface area contributed by atoms with Crippen molar-refractivity contribution >= 4 is 27.4 Å². The largest absolute Gasteiger partial charge is 0.459 e. The number of halogens is 1. The van der Waals surface area contributed by atoms with E-state index in [0.29, 0.717) is 75.7 Å². The van der Waals surface area contributed by atoms with Crippen LogP contribution in [-0.4, -0.2) is 136 Å². The molecule has 2 bridgehead atoms. The molecule has 0 radical (unpaired) electrons. The second-order valence-corrected chi connectivity index (χ2v) is 22.7. The molecule has 5 rings (SSSR count). The number of cyclic esters (lactones) is 1. The van der Waals surface area contributed by atoms with Gasteiger partial charge in [0.15, 0.2) is 16.1 Å². The van der Waals surface area contributed by atoms with Crippen molar-refractivity contribution in [3.05, 3.63) is 53.9 Å². The van der Waals surface area contributed by atoms with Crippen molar-refractivity contribution in [2.24, 2.45) is 40.0 Å². The number of aliphatic hydroxyl groups excluding tert-OH is 2. The van der Waals surface area contributed by atoms with E-state index in [2.05, 4.69) is 28.8 Å². The van der Waals surface area contributed by atoms with E-state index in [0.717, 1.165) is 17.4 Å². The molecule has 3 heterocycles. The number of alkyl halides is 1. The van der Waals surface area contributed by atoms with Gasteiger partial charge in [-0.25, -0.2) is 22.5 Å². The van der Waals surface area contributed by atoms with E-state index in [4.69, 9.17) is 14.2 Å². The van der Waals surface area contributed by atoms with E-state index in [-0.39, 0.29) is 28.7 Å². The Bertz CT molecular complexity index is 2150. The van der Waals surface area contributed by atoms with Crippen molar-refractivity contribution in [3.8, 4) is 0 Å². The molecule has 1 saturated carbocycles. The zero-order chi connectivity index (χ0) is 49.8. The van der Waals surface area contributed by atoms with Crippen molar-refractivity contribution in [1.82, 2.24) is 19.9 Å². The molecule has 17 heteroatoms. The number of benzene rings is 1. The highest BCUT2D eigenvalue weighted by Gasteiger charge is 2.52. The Morgan fingerprint density at radius 2 is 1.78 bits per heavy atom. The van der Waals surface area contributed by atoms with Gasteiger partial charge in [-0.05, 0) is 114 Å². The Labute approximate surface area is 397 Å². The number of amides is 1. The summed E-state index contributed by atoms with van der Waals surface area (Å²) in [7, 11) is -1.45. The first-order valence-corrected chi connectivity index (χ1v) is 26.0. The number of nitrogens with zero attached hydrogens (tertiary/aromatic N) is 5. The Kier molecular flexibility index (Phi) is 18.3. The number of hydrogen-bond acceptors (Lipinski definition) is 13. The quantitative estimate of drug-likeness (QED) is 0.159. The topological polar surface area (TPSA) is 203 Å². The molecule has 15 nitrogen and oxygen atoms in total. The lowest BCUT2D eigenvalue weighted by molar-refractivity contribution is -0.293. The first kappa shape index (κ1) is 54.5. The zero-order valence-corrected chi connectivity index (χ0v) is 42.4. The van der Waals surface area contributed by atoms with Crippen LogP contribution >= 0.6 is 0 Å². The van der Waals surface area contributed by atoms with Gasteiger partial charge in [-0.15, -0.1) is 5.10 Å². The summed E-state index contributed by atoms with van der Waals surface area (Å²) in [6, 6.07) is 5.31. The van der Waals surface area contributed by atoms with Gasteiger partial charge >= 0.3 is 5.97 Å². The zero-order valence-electron chi connectivity index (χ0n) is 41.6. The van der Waals surface area contributed by atoms with Crippen LogP contribution in [0, 0.1) is 35.0 Å². The number of hydrogen-bond donors (Lipinski definition) is 3. The molecule has 15 atom stereocenters. The molecule has 0 unspecified atom stereocenters. The third-order valence-electron chi connectivity index (χ3n) is 15.2. The number of allylic oxidation sites excluding steroid dienone is 1. The minimum absolute atomic E-state index is 0.192. The van der Waals surface area contributed by atoms with Crippen LogP contribution in [0.2, 0.25) is 0 Å². The summed E-state index contributed by atoms with van der Waals surface area (Å²) in [6.45, 7) is 20.7. The van der Waals surface area contributed by atoms with Crippen LogP contribution in [0.15, 0.2) is 52.5 Å². The molecule has 1 aromatic heterocycles. The summed E-state index contributed by atoms with van der Waals surface area (Å²) in [6.07, 6.45) is 1.57. The molecule has 376 valence electrons. The second-order valence-electron chi connectivity index (χ2n) is 20.7. The van der Waals surface area contributed by atoms with Crippen LogP contribution in [0.25, 0.3) is 0 Å². The van der Waals surface area contributed by atoms with Gasteiger partial charge in [0, 0.05) is 55.9 Å². The third kappa shape index (κ3) is 13.1. The minimum atomic E-state index is -3.36. The summed E-state index contributed by atoms with van der Waals surface area (Å²) >= 11 is 0. The highest BCUT2D eigenvalue weighted by molar-refractivity contribution is 7.90. The Morgan fingerprint density at radius 3 is 2.39 bits per heavy atom. The average Bonchev–Trinajstić information content (AvgIpc) is 3.74. The molecule has 3 aliphatic rings. The number of rotatable bonds is 12. The SMILES string of the molecule is C=C1CC[C@@H]2[C@@H](C)C(=NC(C)=O)[C@H](C)C[C@@](C)(CC1)[C@H](O[C@@H]1O[C@H](C)C[C@H](N(C)CCc3cn([C@H](CF)Cc4ccc(S(C)(=O)=O)cc4)nn3)[C@H]1O)[C@@H](C)[C@H](O)[C@@H](C)C(=O)O[C@H](CC)[C@@]2(C)O. The van der Waals surface area contributed by atoms with E-state index < -0.39 is 94.0 Å². The van der Waals surface area contributed by atoms with Crippen molar-refractivity contribution in [2.45, 2.75) is 179 Å². The molecule has 1 aliphatic carbocycles. The van der Waals surface area contributed by atoms with Crippen LogP contribution in [0.3, 0.4) is 0 Å². The molecule has 2 aliphatic heterocycles. The standard InChI is InChI=1S/C50H78FN5O10S/c1-13-42-50(10,61)40-19-14-29(2)20-22-49(9,26-30(3)43(32(40)5)52-35(8)57)46(33(6)44(58)34(7)47(60)65-42)66-48-45(59)41(24-31(4)64-48)55(11)23-21-37-28-56(54-53-37)38(27-51)25-36-15-17-39(18-16-36)67(12,62)63/h15-18,28,30-34,38,40-42,44-46,48,58-59,61H,2,13-14,19-27H2,1,3-12H3/t30-,31-,32-,33+,34-,38+,40-,41+,42-,44+,45-,46-,48+,49-,50+/m1/s1. The normalized spacial score (nSPS) is 36.2. The first-order chi connectivity index (χ1) is 31.3. The van der Waals surface area contributed by atoms with Gasteiger partial charge in [0.25, 0.3) is 0 Å². The lowest BCUT2D eigenvalue weighted by atomic mass is 9.65. The van der Waals surface area contributed by atoms with Gasteiger partial charge < -0.3 is 34.4 Å². The number of carbonyl (C=O) groups excluding carboxylic acids is 2. The predicted octanol–water partition coefficient (Wildman–Crippen LogP) is 6.28. The van der Waals surface area contributed by atoms with Crippen molar-refractivity contribution in [3.63, 3.8) is 0 Å². The van der Waals surface area contributed by atoms with E-state index in [9.17, 15) is 37.7 Å². The van der Waals surface area contributed by atoms with E-state index in [1.54, 1.807) is 32.2 Å². The van der Waals surface area contributed by atoms with Crippen molar-refractivity contribution in [1.29, 1.82) is 0 Å². The van der Waals surface area contributed by atoms with Gasteiger partial charge in [-0.3, -0.25) is 9.59 Å². The lowest BCUT2D eigenvalue weighted by Gasteiger charge is -2.49. The van der Waals surface area contributed by atoms with Crippen LogP contribution in [0.1, 0.15) is 125 Å². The first-order valence-electron chi connectivity index (χ1n) is 24.1. The summed E-state index contributed by atoms with van der Waals surface area (Å²) in [5.74, 6) is -3.83. The smallest absolute Gasteiger partial charge is 0.311 e. The molecular formula is C50H78FN5O10S.